The van der Waals surface area contributed by atoms with Gasteiger partial charge in [0.15, 0.2) is 0 Å². The topological polar surface area (TPSA) is 39.1 Å². The Bertz CT molecular complexity index is 416. The van der Waals surface area contributed by atoms with Crippen molar-refractivity contribution in [2.24, 2.45) is 7.05 Å². The van der Waals surface area contributed by atoms with E-state index in [1.807, 2.05) is 11.7 Å². The molecule has 4 nitrogen and oxygen atoms in total. The summed E-state index contributed by atoms with van der Waals surface area (Å²) in [4.78, 5) is 0. The Hall–Kier alpha value is -0.870. The molecule has 2 unspecified atom stereocenters. The smallest absolute Gasteiger partial charge is 0.0666 e. The molecule has 0 spiro atoms. The molecule has 0 amide bonds. The molecular formula is C15H27N3O. The third-order valence-electron chi connectivity index (χ3n) is 4.25. The number of rotatable bonds is 5. The van der Waals surface area contributed by atoms with Crippen LogP contribution in [0.15, 0.2) is 6.20 Å². The van der Waals surface area contributed by atoms with Crippen molar-refractivity contribution in [1.29, 1.82) is 0 Å². The fourth-order valence-electron chi connectivity index (χ4n) is 2.83. The van der Waals surface area contributed by atoms with Crippen LogP contribution in [0.2, 0.25) is 0 Å². The van der Waals surface area contributed by atoms with Gasteiger partial charge >= 0.3 is 0 Å². The van der Waals surface area contributed by atoms with Crippen LogP contribution in [0.4, 0.5) is 0 Å². The van der Waals surface area contributed by atoms with Crippen molar-refractivity contribution in [3.63, 3.8) is 0 Å². The van der Waals surface area contributed by atoms with E-state index in [-0.39, 0.29) is 5.60 Å². The number of nitrogens with one attached hydrogen (secondary N) is 1. The summed E-state index contributed by atoms with van der Waals surface area (Å²) in [6.07, 6.45) is 6.42. The van der Waals surface area contributed by atoms with Crippen molar-refractivity contribution in [2.75, 3.05) is 6.61 Å². The third-order valence-corrected chi connectivity index (χ3v) is 4.25. The van der Waals surface area contributed by atoms with Crippen LogP contribution in [0.3, 0.4) is 0 Å². The molecule has 1 saturated heterocycles. The van der Waals surface area contributed by atoms with Crippen LogP contribution >= 0.6 is 0 Å². The quantitative estimate of drug-likeness (QED) is 0.888. The van der Waals surface area contributed by atoms with Gasteiger partial charge < -0.3 is 10.1 Å². The molecule has 4 heteroatoms. The standard InChI is InChI=1S/C15H27N3O/c1-5-14-12(11-18(4)17-14)10-16-13-7-8-19-15(3,6-2)9-13/h11,13,16H,5-10H2,1-4H3. The molecule has 1 aliphatic rings. The van der Waals surface area contributed by atoms with Crippen molar-refractivity contribution in [3.05, 3.63) is 17.5 Å². The van der Waals surface area contributed by atoms with Crippen LogP contribution in [-0.2, 0) is 24.8 Å². The van der Waals surface area contributed by atoms with Crippen molar-refractivity contribution in [3.8, 4) is 0 Å². The number of nitrogens with zero attached hydrogens (tertiary/aromatic N) is 2. The second-order valence-corrected chi connectivity index (χ2v) is 5.85. The Labute approximate surface area is 116 Å². The number of aromatic nitrogens is 2. The fraction of sp³-hybridized carbons (Fsp3) is 0.800. The van der Waals surface area contributed by atoms with Crippen LogP contribution in [0.25, 0.3) is 0 Å². The first kappa shape index (κ1) is 14.5. The van der Waals surface area contributed by atoms with E-state index in [0.717, 1.165) is 38.8 Å². The maximum Gasteiger partial charge on any atom is 0.0666 e. The first-order valence-electron chi connectivity index (χ1n) is 7.45. The zero-order valence-electron chi connectivity index (χ0n) is 12.7. The molecule has 0 saturated carbocycles. The highest BCUT2D eigenvalue weighted by Gasteiger charge is 2.31. The largest absolute Gasteiger partial charge is 0.375 e. The van der Waals surface area contributed by atoms with Gasteiger partial charge in [0, 0.05) is 38.0 Å². The van der Waals surface area contributed by atoms with Gasteiger partial charge in [-0.05, 0) is 32.6 Å². The van der Waals surface area contributed by atoms with E-state index in [2.05, 4.69) is 37.4 Å². The number of hydrogen-bond acceptors (Lipinski definition) is 3. The fourth-order valence-corrected chi connectivity index (χ4v) is 2.83. The van der Waals surface area contributed by atoms with Gasteiger partial charge in [0.05, 0.1) is 11.3 Å². The van der Waals surface area contributed by atoms with Gasteiger partial charge in [-0.2, -0.15) is 5.10 Å². The highest BCUT2D eigenvalue weighted by molar-refractivity contribution is 5.16. The maximum atomic E-state index is 5.89. The molecule has 1 aliphatic heterocycles. The third kappa shape index (κ3) is 3.57. The zero-order chi connectivity index (χ0) is 13.9. The zero-order valence-corrected chi connectivity index (χ0v) is 12.7. The average Bonchev–Trinajstić information content (AvgIpc) is 2.77. The Kier molecular flexibility index (Phi) is 4.63. The Morgan fingerprint density at radius 2 is 2.32 bits per heavy atom. The molecule has 0 radical (unpaired) electrons. The van der Waals surface area contributed by atoms with E-state index in [1.54, 1.807) is 0 Å². The van der Waals surface area contributed by atoms with E-state index in [9.17, 15) is 0 Å². The second-order valence-electron chi connectivity index (χ2n) is 5.85. The molecule has 1 aromatic rings. The average molecular weight is 265 g/mol. The second kappa shape index (κ2) is 6.06. The lowest BCUT2D eigenvalue weighted by molar-refractivity contribution is -0.0781. The summed E-state index contributed by atoms with van der Waals surface area (Å²) in [6.45, 7) is 8.38. The molecule has 2 heterocycles. The number of hydrogen-bond donors (Lipinski definition) is 1. The monoisotopic (exact) mass is 265 g/mol. The summed E-state index contributed by atoms with van der Waals surface area (Å²) in [5.74, 6) is 0. The van der Waals surface area contributed by atoms with Gasteiger partial charge in [-0.3, -0.25) is 4.68 Å². The minimum Gasteiger partial charge on any atom is -0.375 e. The highest BCUT2D eigenvalue weighted by atomic mass is 16.5. The predicted molar refractivity (Wildman–Crippen MR) is 77.1 cm³/mol. The molecular weight excluding hydrogens is 238 g/mol. The predicted octanol–water partition coefficient (Wildman–Crippen LogP) is 2.42. The molecule has 0 bridgehead atoms. The lowest BCUT2D eigenvalue weighted by Gasteiger charge is -2.38. The molecule has 0 aliphatic carbocycles. The van der Waals surface area contributed by atoms with E-state index in [4.69, 9.17) is 4.74 Å². The molecule has 2 atom stereocenters. The minimum atomic E-state index is 0.0540. The van der Waals surface area contributed by atoms with Gasteiger partial charge in [0.25, 0.3) is 0 Å². The Balaban J connectivity index is 1.91. The summed E-state index contributed by atoms with van der Waals surface area (Å²) in [6, 6.07) is 0.559. The highest BCUT2D eigenvalue weighted by Crippen LogP contribution is 2.27. The van der Waals surface area contributed by atoms with Gasteiger partial charge in [0.1, 0.15) is 0 Å². The van der Waals surface area contributed by atoms with E-state index in [0.29, 0.717) is 6.04 Å². The lowest BCUT2D eigenvalue weighted by Crippen LogP contribution is -2.44. The van der Waals surface area contributed by atoms with Gasteiger partial charge in [-0.15, -0.1) is 0 Å². The Morgan fingerprint density at radius 3 is 3.00 bits per heavy atom. The molecule has 1 N–H and O–H groups in total. The molecule has 19 heavy (non-hydrogen) atoms. The summed E-state index contributed by atoms with van der Waals surface area (Å²) < 4.78 is 7.80. The van der Waals surface area contributed by atoms with Crippen molar-refractivity contribution in [2.45, 2.75) is 64.6 Å². The van der Waals surface area contributed by atoms with E-state index in [1.165, 1.54) is 11.3 Å². The minimum absolute atomic E-state index is 0.0540. The summed E-state index contributed by atoms with van der Waals surface area (Å²) >= 11 is 0. The van der Waals surface area contributed by atoms with Crippen LogP contribution in [-0.4, -0.2) is 28.0 Å². The molecule has 0 aromatic carbocycles. The van der Waals surface area contributed by atoms with Gasteiger partial charge in [0.2, 0.25) is 0 Å². The lowest BCUT2D eigenvalue weighted by atomic mass is 9.90. The molecule has 2 rings (SSSR count). The first-order chi connectivity index (χ1) is 9.06. The van der Waals surface area contributed by atoms with Crippen LogP contribution in [0.1, 0.15) is 51.3 Å². The van der Waals surface area contributed by atoms with Crippen LogP contribution < -0.4 is 5.32 Å². The van der Waals surface area contributed by atoms with Crippen molar-refractivity contribution < 1.29 is 4.74 Å². The number of ether oxygens (including phenoxy) is 1. The summed E-state index contributed by atoms with van der Waals surface area (Å²) in [5.41, 5.74) is 2.59. The maximum absolute atomic E-state index is 5.89. The summed E-state index contributed by atoms with van der Waals surface area (Å²) in [5, 5.41) is 8.17. The van der Waals surface area contributed by atoms with Gasteiger partial charge in [-0.1, -0.05) is 13.8 Å². The normalized spacial score (nSPS) is 27.7. The summed E-state index contributed by atoms with van der Waals surface area (Å²) in [7, 11) is 1.99. The Morgan fingerprint density at radius 1 is 1.53 bits per heavy atom. The van der Waals surface area contributed by atoms with E-state index >= 15 is 0 Å². The van der Waals surface area contributed by atoms with Gasteiger partial charge in [-0.25, -0.2) is 0 Å². The van der Waals surface area contributed by atoms with E-state index < -0.39 is 0 Å². The first-order valence-corrected chi connectivity index (χ1v) is 7.45. The SMILES string of the molecule is CCc1nn(C)cc1CNC1CCOC(C)(CC)C1. The van der Waals surface area contributed by atoms with Crippen LogP contribution in [0.5, 0.6) is 0 Å². The van der Waals surface area contributed by atoms with Crippen molar-refractivity contribution in [1.82, 2.24) is 15.1 Å². The molecule has 108 valence electrons. The van der Waals surface area contributed by atoms with Crippen LogP contribution in [0, 0.1) is 0 Å². The van der Waals surface area contributed by atoms with Crippen molar-refractivity contribution >= 4 is 0 Å². The molecule has 1 fully saturated rings. The number of aryl methyl sites for hydroxylation is 2. The molecule has 1 aromatic heterocycles.